The summed E-state index contributed by atoms with van der Waals surface area (Å²) < 4.78 is 0. The Labute approximate surface area is 124 Å². The van der Waals surface area contributed by atoms with Gasteiger partial charge in [0.2, 0.25) is 5.91 Å². The average molecular weight is 307 g/mol. The van der Waals surface area contributed by atoms with Crippen molar-refractivity contribution >= 4 is 35.1 Å². The molecule has 2 rings (SSSR count). The van der Waals surface area contributed by atoms with E-state index in [1.807, 2.05) is 17.5 Å². The van der Waals surface area contributed by atoms with Crippen LogP contribution >= 0.6 is 11.3 Å². The van der Waals surface area contributed by atoms with Crippen molar-refractivity contribution in [1.82, 2.24) is 15.1 Å². The lowest BCUT2D eigenvalue weighted by Gasteiger charge is -2.13. The van der Waals surface area contributed by atoms with E-state index in [2.05, 4.69) is 11.9 Å². The molecule has 0 unspecified atom stereocenters. The van der Waals surface area contributed by atoms with Crippen LogP contribution < -0.4 is 5.32 Å². The van der Waals surface area contributed by atoms with E-state index >= 15 is 0 Å². The number of hydrogen-bond donors (Lipinski definition) is 1. The minimum absolute atomic E-state index is 0.0588. The first-order chi connectivity index (χ1) is 10.0. The molecule has 1 aromatic rings. The third-order valence-electron chi connectivity index (χ3n) is 2.79. The van der Waals surface area contributed by atoms with E-state index in [9.17, 15) is 19.2 Å². The fourth-order valence-electron chi connectivity index (χ4n) is 1.78. The van der Waals surface area contributed by atoms with Crippen molar-refractivity contribution in [2.45, 2.75) is 6.54 Å². The zero-order chi connectivity index (χ0) is 15.4. The Morgan fingerprint density at radius 3 is 2.62 bits per heavy atom. The molecule has 0 aliphatic carbocycles. The summed E-state index contributed by atoms with van der Waals surface area (Å²) in [6.45, 7) is 3.20. The number of amides is 5. The average Bonchev–Trinajstić information content (AvgIpc) is 3.04. The molecule has 1 fully saturated rings. The number of urea groups is 1. The van der Waals surface area contributed by atoms with Gasteiger partial charge < -0.3 is 5.32 Å². The van der Waals surface area contributed by atoms with Crippen LogP contribution in [-0.2, 0) is 20.9 Å². The standard InChI is InChI=1S/C13H13N3O4S/c1-2-5-15-11(18)12(19)16(13(15)20)8-10(17)14-7-9-4-3-6-21-9/h2-4,6H,1,5,7-8H2,(H,14,17). The Morgan fingerprint density at radius 2 is 2.00 bits per heavy atom. The van der Waals surface area contributed by atoms with Crippen LogP contribution in [0.15, 0.2) is 30.2 Å². The normalized spacial score (nSPS) is 14.8. The van der Waals surface area contributed by atoms with E-state index in [1.54, 1.807) is 0 Å². The number of thiophene rings is 1. The third-order valence-corrected chi connectivity index (χ3v) is 3.66. The summed E-state index contributed by atoms with van der Waals surface area (Å²) in [7, 11) is 0. The highest BCUT2D eigenvalue weighted by atomic mass is 32.1. The fraction of sp³-hybridized carbons (Fsp3) is 0.231. The van der Waals surface area contributed by atoms with Crippen molar-refractivity contribution in [3.8, 4) is 0 Å². The van der Waals surface area contributed by atoms with Gasteiger partial charge >= 0.3 is 17.8 Å². The van der Waals surface area contributed by atoms with Crippen molar-refractivity contribution in [2.24, 2.45) is 0 Å². The maximum absolute atomic E-state index is 11.9. The first-order valence-corrected chi connectivity index (χ1v) is 7.00. The van der Waals surface area contributed by atoms with Gasteiger partial charge in [0.15, 0.2) is 0 Å². The van der Waals surface area contributed by atoms with Gasteiger partial charge in [0.05, 0.1) is 6.54 Å². The lowest BCUT2D eigenvalue weighted by Crippen LogP contribution is -2.41. The highest BCUT2D eigenvalue weighted by Gasteiger charge is 2.44. The summed E-state index contributed by atoms with van der Waals surface area (Å²) in [5, 5.41) is 4.47. The minimum atomic E-state index is -0.992. The molecule has 0 aromatic carbocycles. The van der Waals surface area contributed by atoms with Crippen LogP contribution in [0.3, 0.4) is 0 Å². The van der Waals surface area contributed by atoms with Crippen LogP contribution in [0.2, 0.25) is 0 Å². The van der Waals surface area contributed by atoms with Crippen LogP contribution in [0.4, 0.5) is 4.79 Å². The maximum atomic E-state index is 11.9. The van der Waals surface area contributed by atoms with Crippen molar-refractivity contribution in [3.05, 3.63) is 35.0 Å². The second-order valence-corrected chi connectivity index (χ2v) is 5.27. The molecule has 7 nitrogen and oxygen atoms in total. The van der Waals surface area contributed by atoms with Gasteiger partial charge in [-0.1, -0.05) is 12.1 Å². The number of carbonyl (C=O) groups is 4. The van der Waals surface area contributed by atoms with Gasteiger partial charge in [0.1, 0.15) is 6.54 Å². The predicted molar refractivity (Wildman–Crippen MR) is 75.2 cm³/mol. The number of rotatable bonds is 6. The molecular formula is C13H13N3O4S. The smallest absolute Gasteiger partial charge is 0.335 e. The molecule has 1 aromatic heterocycles. The fourth-order valence-corrected chi connectivity index (χ4v) is 2.42. The van der Waals surface area contributed by atoms with Crippen molar-refractivity contribution < 1.29 is 19.2 Å². The molecule has 110 valence electrons. The van der Waals surface area contributed by atoms with E-state index < -0.39 is 30.3 Å². The zero-order valence-corrected chi connectivity index (χ0v) is 11.9. The molecule has 5 amide bonds. The quantitative estimate of drug-likeness (QED) is 0.466. The summed E-state index contributed by atoms with van der Waals surface area (Å²) in [6.07, 6.45) is 1.34. The topological polar surface area (TPSA) is 86.8 Å². The lowest BCUT2D eigenvalue weighted by molar-refractivity contribution is -0.143. The Bertz CT molecular complexity index is 597. The van der Waals surface area contributed by atoms with Gasteiger partial charge in [-0.05, 0) is 11.4 Å². The number of nitrogens with zero attached hydrogens (tertiary/aromatic N) is 2. The van der Waals surface area contributed by atoms with Crippen molar-refractivity contribution in [3.63, 3.8) is 0 Å². The summed E-state index contributed by atoms with van der Waals surface area (Å²) in [5.74, 6) is -2.43. The third kappa shape index (κ3) is 3.16. The molecule has 1 saturated heterocycles. The van der Waals surface area contributed by atoms with E-state index in [0.717, 1.165) is 9.78 Å². The maximum Gasteiger partial charge on any atom is 0.335 e. The van der Waals surface area contributed by atoms with E-state index in [4.69, 9.17) is 0 Å². The largest absolute Gasteiger partial charge is 0.350 e. The van der Waals surface area contributed by atoms with E-state index in [-0.39, 0.29) is 6.54 Å². The van der Waals surface area contributed by atoms with E-state index in [0.29, 0.717) is 11.4 Å². The molecule has 0 atom stereocenters. The Kier molecular flexibility index (Phi) is 4.49. The minimum Gasteiger partial charge on any atom is -0.350 e. The zero-order valence-electron chi connectivity index (χ0n) is 11.1. The molecule has 1 aliphatic heterocycles. The van der Waals surface area contributed by atoms with Gasteiger partial charge in [-0.25, -0.2) is 9.69 Å². The molecule has 2 heterocycles. The van der Waals surface area contributed by atoms with Crippen LogP contribution in [0.25, 0.3) is 0 Å². The summed E-state index contributed by atoms with van der Waals surface area (Å²) in [4.78, 5) is 49.2. The molecule has 0 spiro atoms. The van der Waals surface area contributed by atoms with E-state index in [1.165, 1.54) is 17.4 Å². The van der Waals surface area contributed by atoms with Crippen LogP contribution in [0.5, 0.6) is 0 Å². The van der Waals surface area contributed by atoms with Crippen molar-refractivity contribution in [1.29, 1.82) is 0 Å². The highest BCUT2D eigenvalue weighted by Crippen LogP contribution is 2.12. The molecular weight excluding hydrogens is 294 g/mol. The van der Waals surface area contributed by atoms with Crippen LogP contribution in [0.1, 0.15) is 4.88 Å². The molecule has 1 N–H and O–H groups in total. The monoisotopic (exact) mass is 307 g/mol. The highest BCUT2D eigenvalue weighted by molar-refractivity contribution is 7.09. The molecule has 1 aliphatic rings. The first-order valence-electron chi connectivity index (χ1n) is 6.12. The summed E-state index contributed by atoms with van der Waals surface area (Å²) in [5.41, 5.74) is 0. The SMILES string of the molecule is C=CCN1C(=O)C(=O)N(CC(=O)NCc2cccs2)C1=O. The second-order valence-electron chi connectivity index (χ2n) is 4.23. The Morgan fingerprint density at radius 1 is 1.29 bits per heavy atom. The van der Waals surface area contributed by atoms with Crippen molar-refractivity contribution in [2.75, 3.05) is 13.1 Å². The number of carbonyl (C=O) groups excluding carboxylic acids is 4. The second kappa shape index (κ2) is 6.31. The molecule has 8 heteroatoms. The van der Waals surface area contributed by atoms with Gasteiger partial charge in [-0.2, -0.15) is 0 Å². The van der Waals surface area contributed by atoms with Gasteiger partial charge in [0.25, 0.3) is 0 Å². The predicted octanol–water partition coefficient (Wildman–Crippen LogP) is 0.341. The molecule has 0 saturated carbocycles. The van der Waals surface area contributed by atoms with Crippen LogP contribution in [-0.4, -0.2) is 46.6 Å². The van der Waals surface area contributed by atoms with Gasteiger partial charge in [0, 0.05) is 11.4 Å². The molecule has 0 bridgehead atoms. The Hall–Kier alpha value is -2.48. The Balaban J connectivity index is 1.94. The molecule has 21 heavy (non-hydrogen) atoms. The van der Waals surface area contributed by atoms with Gasteiger partial charge in [-0.15, -0.1) is 17.9 Å². The lowest BCUT2D eigenvalue weighted by atomic mass is 10.4. The number of hydrogen-bond acceptors (Lipinski definition) is 5. The van der Waals surface area contributed by atoms with Crippen LogP contribution in [0, 0.1) is 0 Å². The summed E-state index contributed by atoms with van der Waals surface area (Å²) in [6, 6.07) is 2.91. The summed E-state index contributed by atoms with van der Waals surface area (Å²) >= 11 is 1.48. The van der Waals surface area contributed by atoms with Gasteiger partial charge in [-0.3, -0.25) is 19.3 Å². The number of nitrogens with one attached hydrogen (secondary N) is 1. The molecule has 0 radical (unpaired) electrons. The number of imide groups is 2. The first kappa shape index (κ1) is 14.9.